The van der Waals surface area contributed by atoms with Gasteiger partial charge in [-0.15, -0.1) is 0 Å². The van der Waals surface area contributed by atoms with E-state index in [0.717, 1.165) is 25.8 Å². The van der Waals surface area contributed by atoms with Gasteiger partial charge in [0.05, 0.1) is 47.1 Å². The monoisotopic (exact) mass is 599 g/mol. The van der Waals surface area contributed by atoms with Crippen molar-refractivity contribution in [3.8, 4) is 0 Å². The van der Waals surface area contributed by atoms with Crippen molar-refractivity contribution < 1.29 is 23.8 Å². The second-order valence-electron chi connectivity index (χ2n) is 13.8. The van der Waals surface area contributed by atoms with Gasteiger partial charge in [0, 0.05) is 0 Å². The summed E-state index contributed by atoms with van der Waals surface area (Å²) < 4.78 is -0.238. The molecule has 0 saturated heterocycles. The number of hydroxylamine groups is 3. The van der Waals surface area contributed by atoms with Crippen LogP contribution in [0.4, 0.5) is 0 Å². The van der Waals surface area contributed by atoms with E-state index in [-0.39, 0.29) is 21.6 Å². The van der Waals surface area contributed by atoms with E-state index in [1.165, 1.54) is 141 Å². The first-order chi connectivity index (χ1) is 20.0. The lowest BCUT2D eigenvalue weighted by molar-refractivity contribution is -0.840. The van der Waals surface area contributed by atoms with Crippen LogP contribution < -0.4 is 5.11 Å². The number of unbranched alkanes of at least 4 members (excludes halogenated alkanes) is 23. The second kappa shape index (κ2) is 30.1. The van der Waals surface area contributed by atoms with E-state index in [9.17, 15) is 19.9 Å². The predicted octanol–water partition coefficient (Wildman–Crippen LogP) is 9.08. The third kappa shape index (κ3) is 35.2. The number of quaternary nitrogens is 2. The first-order valence-corrected chi connectivity index (χ1v) is 18.1. The van der Waals surface area contributed by atoms with E-state index in [1.807, 2.05) is 0 Å². The van der Waals surface area contributed by atoms with E-state index < -0.39 is 5.97 Å². The molecule has 1 amide bonds. The molecule has 0 aromatic carbocycles. The van der Waals surface area contributed by atoms with Gasteiger partial charge in [-0.25, -0.2) is 4.79 Å². The van der Waals surface area contributed by atoms with Crippen LogP contribution in [0.1, 0.15) is 181 Å². The van der Waals surface area contributed by atoms with Crippen LogP contribution in [-0.4, -0.2) is 62.3 Å². The molecule has 0 radical (unpaired) electrons. The minimum absolute atomic E-state index is 0.0118. The third-order valence-electron chi connectivity index (χ3n) is 8.24. The Hall–Kier alpha value is -0.980. The smallest absolute Gasteiger partial charge is 0.313 e. The maximum absolute atomic E-state index is 12.0. The molecule has 252 valence electrons. The highest BCUT2D eigenvalue weighted by Crippen LogP contribution is 2.14. The molecule has 42 heavy (non-hydrogen) atoms. The first-order valence-electron chi connectivity index (χ1n) is 18.1. The molecule has 0 aromatic heterocycles. The van der Waals surface area contributed by atoms with E-state index in [1.54, 1.807) is 28.2 Å². The Balaban J connectivity index is 0. The predicted molar refractivity (Wildman–Crippen MR) is 179 cm³/mol. The van der Waals surface area contributed by atoms with Crippen molar-refractivity contribution in [2.45, 2.75) is 181 Å². The second-order valence-corrected chi connectivity index (χ2v) is 13.8. The van der Waals surface area contributed by atoms with Crippen LogP contribution in [0.25, 0.3) is 0 Å². The zero-order valence-electron chi connectivity index (χ0n) is 29.3. The Morgan fingerprint density at radius 3 is 1.05 bits per heavy atom. The van der Waals surface area contributed by atoms with Crippen molar-refractivity contribution in [1.82, 2.24) is 0 Å². The number of nitrogens with zero attached hydrogens (tertiary/aromatic N) is 2. The number of hydrogen-bond donors (Lipinski definition) is 0. The number of likely N-dealkylation sites (N-methyl/N-ethyl adjacent to an activating group) is 1. The van der Waals surface area contributed by atoms with Gasteiger partial charge in [0.25, 0.3) is 0 Å². The summed E-state index contributed by atoms with van der Waals surface area (Å²) in [5.41, 5.74) is 0. The van der Waals surface area contributed by atoms with Crippen molar-refractivity contribution in [1.29, 1.82) is 0 Å². The maximum Gasteiger partial charge on any atom is 0.313 e. The Labute approximate surface area is 262 Å². The van der Waals surface area contributed by atoms with Gasteiger partial charge in [-0.2, -0.15) is 0 Å². The number of carbonyl (C=O) groups excluding carboxylic acids is 2. The molecular formula is C36H74N2O4. The largest absolute Gasteiger partial charge is 0.633 e. The number of carbonyl (C=O) groups is 2. The summed E-state index contributed by atoms with van der Waals surface area (Å²) in [5, 5.41) is 22.0. The fourth-order valence-corrected chi connectivity index (χ4v) is 5.34. The van der Waals surface area contributed by atoms with E-state index >= 15 is 0 Å². The average Bonchev–Trinajstić information content (AvgIpc) is 2.91. The summed E-state index contributed by atoms with van der Waals surface area (Å²) in [5.74, 6) is -1.18. The van der Waals surface area contributed by atoms with Gasteiger partial charge in [0.1, 0.15) is 6.54 Å². The Morgan fingerprint density at radius 1 is 0.476 bits per heavy atom. The van der Waals surface area contributed by atoms with Crippen LogP contribution >= 0.6 is 0 Å². The molecule has 0 atom stereocenters. The standard InChI is InChI=1S/C20H39NO3.C16H35NO/c1-4-5-6-7-8-9-10-11-12-13-14-15-16-17-19(22)21(2,3)18-20(23)24;1-4-5-6-7-8-9-10-11-12-13-14-15-16-17(2,3)18/h4-18H2,1-3H3;4-16H2,1-3H3. The number of hydrogen-bond acceptors (Lipinski definition) is 4. The number of carboxylic acid groups (broad SMARTS) is 1. The van der Waals surface area contributed by atoms with Crippen LogP contribution in [0.2, 0.25) is 0 Å². The summed E-state index contributed by atoms with van der Waals surface area (Å²) in [6.45, 7) is 5.06. The fraction of sp³-hybridized carbons (Fsp3) is 0.944. The minimum Gasteiger partial charge on any atom is -0.633 e. The maximum atomic E-state index is 12.0. The van der Waals surface area contributed by atoms with E-state index in [4.69, 9.17) is 0 Å². The molecule has 0 fully saturated rings. The molecule has 0 heterocycles. The van der Waals surface area contributed by atoms with Crippen LogP contribution in [-0.2, 0) is 9.59 Å². The highest BCUT2D eigenvalue weighted by Gasteiger charge is 2.25. The number of amides is 1. The van der Waals surface area contributed by atoms with E-state index in [0.29, 0.717) is 6.42 Å². The highest BCUT2D eigenvalue weighted by atomic mass is 16.5. The van der Waals surface area contributed by atoms with Crippen LogP contribution in [0.5, 0.6) is 0 Å². The van der Waals surface area contributed by atoms with Gasteiger partial charge in [-0.3, -0.25) is 4.48 Å². The van der Waals surface area contributed by atoms with Crippen molar-refractivity contribution >= 4 is 11.9 Å². The SMILES string of the molecule is CCCCCCCCCCCCCCCC(=O)[N+](C)(C)CC(=O)[O-].CCCCCCCCCCCCCC[N+](C)(C)[O-]. The zero-order valence-corrected chi connectivity index (χ0v) is 29.3. The minimum atomic E-state index is -1.17. The van der Waals surface area contributed by atoms with Gasteiger partial charge < -0.3 is 19.8 Å². The number of carboxylic acids is 1. The molecule has 0 spiro atoms. The lowest BCUT2D eigenvalue weighted by Crippen LogP contribution is -2.52. The van der Waals surface area contributed by atoms with Crippen molar-refractivity contribution in [2.24, 2.45) is 0 Å². The van der Waals surface area contributed by atoms with Gasteiger partial charge in [-0.1, -0.05) is 155 Å². The fourth-order valence-electron chi connectivity index (χ4n) is 5.34. The molecule has 0 rings (SSSR count). The lowest BCUT2D eigenvalue weighted by atomic mass is 10.0. The Bertz CT molecular complexity index is 602. The first kappa shape index (κ1) is 43.1. The Kier molecular flexibility index (Phi) is 30.9. The lowest BCUT2D eigenvalue weighted by Gasteiger charge is -2.33. The summed E-state index contributed by atoms with van der Waals surface area (Å²) >= 11 is 0. The quantitative estimate of drug-likeness (QED) is 0.0488. The molecule has 0 aliphatic heterocycles. The summed E-state index contributed by atoms with van der Waals surface area (Å²) in [6.07, 6.45) is 33.4. The van der Waals surface area contributed by atoms with Crippen LogP contribution in [0.15, 0.2) is 0 Å². The molecule has 0 N–H and O–H groups in total. The highest BCUT2D eigenvalue weighted by molar-refractivity contribution is 5.73. The van der Waals surface area contributed by atoms with E-state index in [2.05, 4.69) is 13.8 Å². The molecule has 0 saturated carbocycles. The summed E-state index contributed by atoms with van der Waals surface area (Å²) in [6, 6.07) is 0. The topological polar surface area (TPSA) is 80.3 Å². The normalized spacial score (nSPS) is 11.8. The summed E-state index contributed by atoms with van der Waals surface area (Å²) in [7, 11) is 6.75. The molecule has 6 nitrogen and oxygen atoms in total. The molecule has 0 unspecified atom stereocenters. The van der Waals surface area contributed by atoms with Gasteiger partial charge >= 0.3 is 5.91 Å². The van der Waals surface area contributed by atoms with Crippen molar-refractivity contribution in [3.63, 3.8) is 0 Å². The molecule has 0 aliphatic rings. The summed E-state index contributed by atoms with van der Waals surface area (Å²) in [4.78, 5) is 22.6. The van der Waals surface area contributed by atoms with Crippen molar-refractivity contribution in [3.05, 3.63) is 5.21 Å². The molecule has 6 heteroatoms. The third-order valence-corrected chi connectivity index (χ3v) is 8.24. The molecule has 0 aromatic rings. The molecule has 0 aliphatic carbocycles. The average molecular weight is 599 g/mol. The number of rotatable bonds is 29. The van der Waals surface area contributed by atoms with Crippen molar-refractivity contribution in [2.75, 3.05) is 41.3 Å². The zero-order chi connectivity index (χ0) is 32.0. The van der Waals surface area contributed by atoms with Crippen LogP contribution in [0.3, 0.4) is 0 Å². The molecular weight excluding hydrogens is 524 g/mol. The van der Waals surface area contributed by atoms with Gasteiger partial charge in [-0.05, 0) is 19.3 Å². The van der Waals surface area contributed by atoms with Gasteiger partial charge in [0.15, 0.2) is 0 Å². The Morgan fingerprint density at radius 2 is 0.762 bits per heavy atom. The molecule has 0 bridgehead atoms. The van der Waals surface area contributed by atoms with Gasteiger partial charge in [0.2, 0.25) is 0 Å². The van der Waals surface area contributed by atoms with Crippen LogP contribution in [0, 0.1) is 5.21 Å². The number of aliphatic carboxylic acids is 1.